The number of likely N-dealkylation sites (tertiary alicyclic amines) is 1. The zero-order valence-electron chi connectivity index (χ0n) is 19.2. The van der Waals surface area contributed by atoms with Crippen LogP contribution in [0, 0.1) is 12.3 Å². The topological polar surface area (TPSA) is 79.6 Å². The predicted octanol–water partition coefficient (Wildman–Crippen LogP) is 1.85. The number of aromatic nitrogens is 3. The highest BCUT2D eigenvalue weighted by molar-refractivity contribution is 5.80. The Kier molecular flexibility index (Phi) is 6.53. The van der Waals surface area contributed by atoms with E-state index in [1.807, 2.05) is 18.5 Å². The summed E-state index contributed by atoms with van der Waals surface area (Å²) in [5.41, 5.74) is -0.0880. The van der Waals surface area contributed by atoms with Crippen LogP contribution in [-0.2, 0) is 18.3 Å². The summed E-state index contributed by atoms with van der Waals surface area (Å²) in [4.78, 5) is 7.40. The number of rotatable bonds is 7. The lowest BCUT2D eigenvalue weighted by Gasteiger charge is -2.59. The molecule has 3 unspecified atom stereocenters. The molecule has 0 aromatic carbocycles. The van der Waals surface area contributed by atoms with E-state index in [0.717, 1.165) is 37.1 Å². The van der Waals surface area contributed by atoms with Crippen LogP contribution in [0.15, 0.2) is 4.99 Å². The molecule has 2 N–H and O–H groups in total. The first-order valence-electron chi connectivity index (χ1n) is 10.9. The Hall–Kier alpha value is -1.67. The van der Waals surface area contributed by atoms with E-state index in [2.05, 4.69) is 53.4 Å². The smallest absolute Gasteiger partial charge is 0.192 e. The lowest BCUT2D eigenvalue weighted by molar-refractivity contribution is -0.176. The van der Waals surface area contributed by atoms with Gasteiger partial charge in [0.15, 0.2) is 11.8 Å². The number of aliphatic imine (C=N–C) groups is 1. The number of nitrogens with one attached hydrogen (secondary N) is 2. The van der Waals surface area contributed by atoms with E-state index in [4.69, 9.17) is 9.73 Å². The first-order chi connectivity index (χ1) is 13.7. The Morgan fingerprint density at radius 1 is 1.31 bits per heavy atom. The van der Waals surface area contributed by atoms with Gasteiger partial charge in [-0.1, -0.05) is 20.8 Å². The summed E-state index contributed by atoms with van der Waals surface area (Å²) in [6.45, 7) is 14.6. The summed E-state index contributed by atoms with van der Waals surface area (Å²) in [5, 5.41) is 15.7. The molecule has 0 spiro atoms. The molecule has 8 heteroatoms. The molecule has 29 heavy (non-hydrogen) atoms. The van der Waals surface area contributed by atoms with Crippen LogP contribution in [0.3, 0.4) is 0 Å². The van der Waals surface area contributed by atoms with Crippen LogP contribution in [0.4, 0.5) is 0 Å². The van der Waals surface area contributed by atoms with Crippen molar-refractivity contribution in [2.24, 2.45) is 17.5 Å². The fourth-order valence-electron chi connectivity index (χ4n) is 4.54. The molecule has 0 radical (unpaired) electrons. The monoisotopic (exact) mass is 405 g/mol. The first kappa shape index (κ1) is 22.0. The van der Waals surface area contributed by atoms with E-state index in [1.54, 1.807) is 7.11 Å². The fraction of sp³-hybridized carbons (Fsp3) is 0.857. The molecule has 1 aromatic heterocycles. The standard InChI is InChI=1S/C21H39N7O/c1-8-28-11-9-10-16(28)13-22-19(23-14-18-26-25-15(2)27(18)6)24-17-12-21(5,29-7)20(17,3)4/h16-17H,8-14H2,1-7H3,(H2,22,23,24). The van der Waals surface area contributed by atoms with Crippen molar-refractivity contribution in [2.45, 2.75) is 78.1 Å². The van der Waals surface area contributed by atoms with Crippen LogP contribution in [0.25, 0.3) is 0 Å². The number of aryl methyl sites for hydroxylation is 1. The quantitative estimate of drug-likeness (QED) is 0.532. The van der Waals surface area contributed by atoms with Crippen molar-refractivity contribution >= 4 is 5.96 Å². The highest BCUT2D eigenvalue weighted by atomic mass is 16.5. The fourth-order valence-corrected chi connectivity index (χ4v) is 4.54. The lowest BCUT2D eigenvalue weighted by atomic mass is 9.56. The van der Waals surface area contributed by atoms with Crippen molar-refractivity contribution in [2.75, 3.05) is 26.7 Å². The second-order valence-electron chi connectivity index (χ2n) is 9.25. The summed E-state index contributed by atoms with van der Waals surface area (Å²) in [6, 6.07) is 0.883. The minimum absolute atomic E-state index is 0.0222. The van der Waals surface area contributed by atoms with Crippen molar-refractivity contribution in [1.29, 1.82) is 0 Å². The molecule has 0 bridgehead atoms. The summed E-state index contributed by atoms with van der Waals surface area (Å²) < 4.78 is 7.78. The molecule has 2 aliphatic rings. The molecule has 1 saturated carbocycles. The van der Waals surface area contributed by atoms with Crippen LogP contribution < -0.4 is 10.6 Å². The van der Waals surface area contributed by atoms with Crippen molar-refractivity contribution in [3.8, 4) is 0 Å². The van der Waals surface area contributed by atoms with Gasteiger partial charge >= 0.3 is 0 Å². The maximum atomic E-state index is 5.79. The maximum Gasteiger partial charge on any atom is 0.192 e. The molecule has 164 valence electrons. The molecule has 0 amide bonds. The molecule has 2 heterocycles. The summed E-state index contributed by atoms with van der Waals surface area (Å²) in [6.07, 6.45) is 3.48. The van der Waals surface area contributed by atoms with E-state index < -0.39 is 0 Å². The summed E-state index contributed by atoms with van der Waals surface area (Å²) in [7, 11) is 3.79. The zero-order valence-corrected chi connectivity index (χ0v) is 19.2. The van der Waals surface area contributed by atoms with Gasteiger partial charge in [0.05, 0.1) is 5.60 Å². The molecule has 2 fully saturated rings. The molecular weight excluding hydrogens is 366 g/mol. The SMILES string of the molecule is CCN1CCCC1CNC(=NCc1nnc(C)n1C)NC1CC(C)(OC)C1(C)C. The van der Waals surface area contributed by atoms with Crippen molar-refractivity contribution in [3.05, 3.63) is 11.6 Å². The Morgan fingerprint density at radius 2 is 2.07 bits per heavy atom. The van der Waals surface area contributed by atoms with Gasteiger partial charge in [0.25, 0.3) is 0 Å². The third-order valence-electron chi connectivity index (χ3n) is 7.56. The molecule has 3 rings (SSSR count). The largest absolute Gasteiger partial charge is 0.378 e. The van der Waals surface area contributed by atoms with Crippen LogP contribution in [0.2, 0.25) is 0 Å². The number of guanidine groups is 1. The zero-order chi connectivity index (χ0) is 21.2. The number of ether oxygens (including phenoxy) is 1. The van der Waals surface area contributed by atoms with Gasteiger partial charge < -0.3 is 19.9 Å². The van der Waals surface area contributed by atoms with Crippen LogP contribution in [0.5, 0.6) is 0 Å². The Balaban J connectivity index is 1.69. The highest BCUT2D eigenvalue weighted by Crippen LogP contribution is 2.51. The highest BCUT2D eigenvalue weighted by Gasteiger charge is 2.58. The molecule has 1 aliphatic carbocycles. The van der Waals surface area contributed by atoms with Crippen molar-refractivity contribution in [1.82, 2.24) is 30.3 Å². The van der Waals surface area contributed by atoms with Gasteiger partial charge in [-0.15, -0.1) is 10.2 Å². The van der Waals surface area contributed by atoms with Crippen LogP contribution in [-0.4, -0.2) is 70.1 Å². The van der Waals surface area contributed by atoms with Crippen LogP contribution in [0.1, 0.15) is 58.6 Å². The van der Waals surface area contributed by atoms with Gasteiger partial charge in [0, 0.05) is 38.2 Å². The second kappa shape index (κ2) is 8.60. The van der Waals surface area contributed by atoms with Gasteiger partial charge in [-0.25, -0.2) is 4.99 Å². The molecular formula is C21H39N7O. The third kappa shape index (κ3) is 4.28. The Bertz CT molecular complexity index is 729. The van der Waals surface area contributed by atoms with Gasteiger partial charge in [0.2, 0.25) is 0 Å². The number of hydrogen-bond acceptors (Lipinski definition) is 5. The predicted molar refractivity (Wildman–Crippen MR) is 116 cm³/mol. The second-order valence-corrected chi connectivity index (χ2v) is 9.25. The van der Waals surface area contributed by atoms with Gasteiger partial charge in [0.1, 0.15) is 12.4 Å². The average Bonchev–Trinajstić information content (AvgIpc) is 3.29. The Morgan fingerprint density at radius 3 is 2.66 bits per heavy atom. The van der Waals surface area contributed by atoms with E-state index in [9.17, 15) is 0 Å². The van der Waals surface area contributed by atoms with E-state index in [1.165, 1.54) is 19.4 Å². The van der Waals surface area contributed by atoms with Gasteiger partial charge in [-0.2, -0.15) is 0 Å². The van der Waals surface area contributed by atoms with Crippen LogP contribution >= 0.6 is 0 Å². The average molecular weight is 406 g/mol. The normalized spacial score (nSPS) is 29.7. The Labute approximate surface area is 175 Å². The molecule has 3 atom stereocenters. The minimum atomic E-state index is -0.110. The first-order valence-corrected chi connectivity index (χ1v) is 10.9. The van der Waals surface area contributed by atoms with E-state index in [0.29, 0.717) is 18.6 Å². The number of methoxy groups -OCH3 is 1. The van der Waals surface area contributed by atoms with Gasteiger partial charge in [-0.05, 0) is 46.2 Å². The number of likely N-dealkylation sites (N-methyl/N-ethyl adjacent to an activating group) is 1. The molecule has 1 aromatic rings. The minimum Gasteiger partial charge on any atom is -0.378 e. The third-order valence-corrected chi connectivity index (χ3v) is 7.56. The maximum absolute atomic E-state index is 5.79. The van der Waals surface area contributed by atoms with E-state index in [-0.39, 0.29) is 11.0 Å². The molecule has 8 nitrogen and oxygen atoms in total. The number of nitrogens with zero attached hydrogens (tertiary/aromatic N) is 5. The van der Waals surface area contributed by atoms with Crippen molar-refractivity contribution in [3.63, 3.8) is 0 Å². The molecule has 1 aliphatic heterocycles. The lowest BCUT2D eigenvalue weighted by Crippen LogP contribution is -2.69. The molecule has 1 saturated heterocycles. The van der Waals surface area contributed by atoms with Gasteiger partial charge in [-0.3, -0.25) is 4.90 Å². The summed E-state index contributed by atoms with van der Waals surface area (Å²) >= 11 is 0. The van der Waals surface area contributed by atoms with E-state index >= 15 is 0 Å². The summed E-state index contributed by atoms with van der Waals surface area (Å²) in [5.74, 6) is 2.62. The number of hydrogen-bond donors (Lipinski definition) is 2. The van der Waals surface area contributed by atoms with Crippen molar-refractivity contribution < 1.29 is 4.74 Å².